The molecule has 0 heterocycles. The number of benzene rings is 1. The van der Waals surface area contributed by atoms with Crippen molar-refractivity contribution in [3.63, 3.8) is 0 Å². The van der Waals surface area contributed by atoms with E-state index >= 15 is 0 Å². The van der Waals surface area contributed by atoms with E-state index in [-0.39, 0.29) is 17.7 Å². The Bertz CT molecular complexity index is 451. The van der Waals surface area contributed by atoms with E-state index in [4.69, 9.17) is 14.7 Å². The third kappa shape index (κ3) is 2.52. The lowest BCUT2D eigenvalue weighted by Gasteiger charge is -2.09. The molecule has 0 atom stereocenters. The maximum Gasteiger partial charge on any atom is 0.343 e. The largest absolute Gasteiger partial charge is 0.496 e. The Morgan fingerprint density at radius 3 is 2.75 bits per heavy atom. The predicted molar refractivity (Wildman–Crippen MR) is 61.4 cm³/mol. The summed E-state index contributed by atoms with van der Waals surface area (Å²) in [6.07, 6.45) is 0. The first kappa shape index (κ1) is 12.5. The van der Waals surface area contributed by atoms with Crippen LogP contribution in [0.4, 0.5) is 0 Å². The molecule has 1 aromatic carbocycles. The van der Waals surface area contributed by atoms with E-state index in [0.717, 1.165) is 0 Å². The van der Waals surface area contributed by atoms with Gasteiger partial charge in [0.05, 0.1) is 19.3 Å². The smallest absolute Gasteiger partial charge is 0.343 e. The number of hydrogen-bond acceptors (Lipinski definition) is 4. The molecule has 16 heavy (non-hydrogen) atoms. The number of hydrogen-bond donors (Lipinski definition) is 0. The second-order valence-corrected chi connectivity index (χ2v) is 3.78. The molecule has 84 valence electrons. The molecule has 0 aliphatic rings. The highest BCUT2D eigenvalue weighted by Crippen LogP contribution is 2.27. The minimum Gasteiger partial charge on any atom is -0.496 e. The fourth-order valence-electron chi connectivity index (χ4n) is 1.24. The normalized spacial score (nSPS) is 9.38. The molecule has 0 amide bonds. The van der Waals surface area contributed by atoms with Crippen LogP contribution in [0.15, 0.2) is 16.6 Å². The van der Waals surface area contributed by atoms with Crippen LogP contribution in [0.2, 0.25) is 0 Å². The van der Waals surface area contributed by atoms with Crippen LogP contribution in [0, 0.1) is 11.3 Å². The molecule has 0 fully saturated rings. The summed E-state index contributed by atoms with van der Waals surface area (Å²) in [6, 6.07) is 5.11. The first-order chi connectivity index (χ1) is 7.63. The Kier molecular flexibility index (Phi) is 4.32. The van der Waals surface area contributed by atoms with E-state index in [9.17, 15) is 4.79 Å². The molecule has 0 radical (unpaired) electrons. The summed E-state index contributed by atoms with van der Waals surface area (Å²) in [5.74, 6) is -0.229. The number of carbonyl (C=O) groups excluding carboxylic acids is 1. The number of nitrogens with zero attached hydrogens (tertiary/aromatic N) is 1. The van der Waals surface area contributed by atoms with Crippen LogP contribution in [0.3, 0.4) is 0 Å². The maximum atomic E-state index is 11.6. The van der Waals surface area contributed by atoms with Gasteiger partial charge in [0.15, 0.2) is 0 Å². The lowest BCUT2D eigenvalue weighted by Crippen LogP contribution is -2.09. The molecule has 1 rings (SSSR count). The van der Waals surface area contributed by atoms with Gasteiger partial charge in [0.25, 0.3) is 0 Å². The molecule has 0 aliphatic carbocycles. The van der Waals surface area contributed by atoms with Gasteiger partial charge in [0, 0.05) is 4.47 Å². The summed E-state index contributed by atoms with van der Waals surface area (Å²) in [7, 11) is 1.44. The van der Waals surface area contributed by atoms with E-state index in [1.54, 1.807) is 19.1 Å². The number of rotatable bonds is 3. The molecule has 5 heteroatoms. The zero-order valence-electron chi connectivity index (χ0n) is 8.91. The van der Waals surface area contributed by atoms with Gasteiger partial charge in [-0.05, 0) is 19.1 Å². The summed E-state index contributed by atoms with van der Waals surface area (Å²) in [6.45, 7) is 1.96. The third-order valence-electron chi connectivity index (χ3n) is 1.89. The second-order valence-electron chi connectivity index (χ2n) is 2.86. The molecule has 0 saturated carbocycles. The number of nitriles is 1. The molecule has 0 aliphatic heterocycles. The van der Waals surface area contributed by atoms with Crippen molar-refractivity contribution in [3.8, 4) is 11.8 Å². The van der Waals surface area contributed by atoms with Crippen molar-refractivity contribution in [2.24, 2.45) is 0 Å². The number of esters is 1. The number of methoxy groups -OCH3 is 1. The zero-order valence-corrected chi connectivity index (χ0v) is 10.5. The zero-order chi connectivity index (χ0) is 12.1. The van der Waals surface area contributed by atoms with Crippen molar-refractivity contribution < 1.29 is 14.3 Å². The van der Waals surface area contributed by atoms with Gasteiger partial charge in [-0.3, -0.25) is 0 Å². The van der Waals surface area contributed by atoms with Crippen molar-refractivity contribution in [2.45, 2.75) is 6.92 Å². The highest BCUT2D eigenvalue weighted by atomic mass is 79.9. The molecule has 0 saturated heterocycles. The van der Waals surface area contributed by atoms with Crippen molar-refractivity contribution in [3.05, 3.63) is 27.7 Å². The molecule has 4 nitrogen and oxygen atoms in total. The molecular formula is C11H10BrNO3. The molecular weight excluding hydrogens is 274 g/mol. The SMILES string of the molecule is CCOC(=O)c1c(C#N)cc(Br)cc1OC. The quantitative estimate of drug-likeness (QED) is 0.800. The molecule has 0 unspecified atom stereocenters. The van der Waals surface area contributed by atoms with Gasteiger partial charge in [-0.15, -0.1) is 0 Å². The lowest BCUT2D eigenvalue weighted by atomic mass is 10.1. The Labute approximate surface area is 102 Å². The van der Waals surface area contributed by atoms with E-state index in [0.29, 0.717) is 10.2 Å². The van der Waals surface area contributed by atoms with Gasteiger partial charge in [-0.1, -0.05) is 15.9 Å². The molecule has 0 spiro atoms. The predicted octanol–water partition coefficient (Wildman–Crippen LogP) is 2.51. The average Bonchev–Trinajstić information content (AvgIpc) is 2.27. The van der Waals surface area contributed by atoms with Crippen LogP contribution in [0.1, 0.15) is 22.8 Å². The van der Waals surface area contributed by atoms with Crippen molar-refractivity contribution in [1.82, 2.24) is 0 Å². The highest BCUT2D eigenvalue weighted by Gasteiger charge is 2.19. The van der Waals surface area contributed by atoms with Crippen LogP contribution in [-0.2, 0) is 4.74 Å². The van der Waals surface area contributed by atoms with Crippen LogP contribution >= 0.6 is 15.9 Å². The van der Waals surface area contributed by atoms with E-state index in [1.807, 2.05) is 6.07 Å². The van der Waals surface area contributed by atoms with Gasteiger partial charge < -0.3 is 9.47 Å². The van der Waals surface area contributed by atoms with Crippen molar-refractivity contribution in [1.29, 1.82) is 5.26 Å². The Morgan fingerprint density at radius 2 is 2.25 bits per heavy atom. The number of halogens is 1. The minimum atomic E-state index is -0.552. The Balaban J connectivity index is 3.34. The number of carbonyl (C=O) groups is 1. The van der Waals surface area contributed by atoms with E-state index < -0.39 is 5.97 Å². The van der Waals surface area contributed by atoms with Crippen LogP contribution in [0.5, 0.6) is 5.75 Å². The van der Waals surface area contributed by atoms with Crippen LogP contribution in [0.25, 0.3) is 0 Å². The van der Waals surface area contributed by atoms with Crippen LogP contribution in [-0.4, -0.2) is 19.7 Å². The highest BCUT2D eigenvalue weighted by molar-refractivity contribution is 9.10. The Hall–Kier alpha value is -1.54. The topological polar surface area (TPSA) is 59.3 Å². The molecule has 0 aromatic heterocycles. The van der Waals surface area contributed by atoms with E-state index in [1.165, 1.54) is 7.11 Å². The van der Waals surface area contributed by atoms with Gasteiger partial charge in [0.1, 0.15) is 17.4 Å². The summed E-state index contributed by atoms with van der Waals surface area (Å²) >= 11 is 3.23. The summed E-state index contributed by atoms with van der Waals surface area (Å²) in [5.41, 5.74) is 0.389. The molecule has 0 bridgehead atoms. The van der Waals surface area contributed by atoms with Gasteiger partial charge in [-0.2, -0.15) is 5.26 Å². The molecule has 0 N–H and O–H groups in total. The maximum absolute atomic E-state index is 11.6. The minimum absolute atomic E-state index is 0.162. The van der Waals surface area contributed by atoms with E-state index in [2.05, 4.69) is 15.9 Å². The summed E-state index contributed by atoms with van der Waals surface area (Å²) < 4.78 is 10.6. The van der Waals surface area contributed by atoms with Gasteiger partial charge in [-0.25, -0.2) is 4.79 Å². The van der Waals surface area contributed by atoms with Gasteiger partial charge in [0.2, 0.25) is 0 Å². The van der Waals surface area contributed by atoms with Crippen LogP contribution < -0.4 is 4.74 Å². The first-order valence-corrected chi connectivity index (χ1v) is 5.38. The Morgan fingerprint density at radius 1 is 1.56 bits per heavy atom. The molecule has 1 aromatic rings. The fourth-order valence-corrected chi connectivity index (χ4v) is 1.68. The summed E-state index contributed by atoms with van der Waals surface area (Å²) in [5, 5.41) is 8.95. The standard InChI is InChI=1S/C11H10BrNO3/c1-3-16-11(14)10-7(6-13)4-8(12)5-9(10)15-2/h4-5H,3H2,1-2H3. The summed E-state index contributed by atoms with van der Waals surface area (Å²) in [4.78, 5) is 11.6. The average molecular weight is 284 g/mol. The first-order valence-electron chi connectivity index (χ1n) is 4.58. The number of ether oxygens (including phenoxy) is 2. The lowest BCUT2D eigenvalue weighted by molar-refractivity contribution is 0.0522. The fraction of sp³-hybridized carbons (Fsp3) is 0.273. The second kappa shape index (κ2) is 5.52. The van der Waals surface area contributed by atoms with Crippen molar-refractivity contribution >= 4 is 21.9 Å². The van der Waals surface area contributed by atoms with Crippen molar-refractivity contribution in [2.75, 3.05) is 13.7 Å². The third-order valence-corrected chi connectivity index (χ3v) is 2.34. The monoisotopic (exact) mass is 283 g/mol. The van der Waals surface area contributed by atoms with Gasteiger partial charge >= 0.3 is 5.97 Å².